The lowest BCUT2D eigenvalue weighted by molar-refractivity contribution is -0.276. The molecule has 118 valence electrons. The van der Waals surface area contributed by atoms with Crippen LogP contribution in [0.4, 0.5) is 22.0 Å². The molecule has 0 fully saturated rings. The Morgan fingerprint density at radius 1 is 1.43 bits per heavy atom. The second-order valence-corrected chi connectivity index (χ2v) is 3.79. The average molecular weight is 314 g/mol. The number of nitrogens with zero attached hydrogens (tertiary/aromatic N) is 1. The molecule has 0 aliphatic carbocycles. The van der Waals surface area contributed by atoms with E-state index in [1.807, 2.05) is 0 Å². The molecule has 0 aliphatic heterocycles. The van der Waals surface area contributed by atoms with Gasteiger partial charge in [0.25, 0.3) is 6.43 Å². The first-order valence-corrected chi connectivity index (χ1v) is 5.51. The molecule has 10 heteroatoms. The number of methoxy groups -OCH3 is 1. The Morgan fingerprint density at radius 3 is 2.48 bits per heavy atom. The van der Waals surface area contributed by atoms with Crippen LogP contribution in [0, 0.1) is 0 Å². The fourth-order valence-corrected chi connectivity index (χ4v) is 1.62. The third-order valence-corrected chi connectivity index (χ3v) is 2.48. The van der Waals surface area contributed by atoms with E-state index in [1.54, 1.807) is 0 Å². The number of pyridine rings is 1. The van der Waals surface area contributed by atoms with Crippen molar-refractivity contribution in [2.24, 2.45) is 5.73 Å². The highest BCUT2D eigenvalue weighted by Gasteiger charge is 2.35. The number of hydrogen-bond acceptors (Lipinski definition) is 5. The third-order valence-electron chi connectivity index (χ3n) is 2.48. The van der Waals surface area contributed by atoms with Crippen LogP contribution in [-0.2, 0) is 22.5 Å². The highest BCUT2D eigenvalue weighted by Crippen LogP contribution is 2.35. The standard InChI is InChI=1S/C11H11F5N2O3/c1-20-7(19)2-5-4-18-10(21-11(14,15)16)8(9(12)13)6(5)3-17/h4,9H,2-3,17H2,1H3. The molecule has 1 rings (SSSR count). The van der Waals surface area contributed by atoms with Crippen molar-refractivity contribution in [1.29, 1.82) is 0 Å². The summed E-state index contributed by atoms with van der Waals surface area (Å²) in [6.45, 7) is -0.511. The number of carbonyl (C=O) groups is 1. The fraction of sp³-hybridized carbons (Fsp3) is 0.455. The molecule has 0 aromatic carbocycles. The summed E-state index contributed by atoms with van der Waals surface area (Å²) in [6, 6.07) is 0. The molecule has 0 spiro atoms. The average Bonchev–Trinajstić information content (AvgIpc) is 2.37. The molecule has 5 nitrogen and oxygen atoms in total. The largest absolute Gasteiger partial charge is 0.574 e. The molecule has 0 radical (unpaired) electrons. The summed E-state index contributed by atoms with van der Waals surface area (Å²) < 4.78 is 70.3. The van der Waals surface area contributed by atoms with E-state index in [9.17, 15) is 26.7 Å². The maximum absolute atomic E-state index is 13.0. The van der Waals surface area contributed by atoms with Gasteiger partial charge in [-0.3, -0.25) is 4.79 Å². The van der Waals surface area contributed by atoms with Crippen molar-refractivity contribution in [2.45, 2.75) is 25.8 Å². The van der Waals surface area contributed by atoms with Crippen LogP contribution >= 0.6 is 0 Å². The zero-order chi connectivity index (χ0) is 16.2. The van der Waals surface area contributed by atoms with Gasteiger partial charge >= 0.3 is 12.3 Å². The summed E-state index contributed by atoms with van der Waals surface area (Å²) in [6.07, 6.45) is -8.09. The quantitative estimate of drug-likeness (QED) is 0.665. The van der Waals surface area contributed by atoms with Gasteiger partial charge in [0.2, 0.25) is 5.88 Å². The summed E-state index contributed by atoms with van der Waals surface area (Å²) >= 11 is 0. The molecule has 0 bridgehead atoms. The van der Waals surface area contributed by atoms with E-state index in [-0.39, 0.29) is 11.1 Å². The lowest BCUT2D eigenvalue weighted by Gasteiger charge is -2.17. The van der Waals surface area contributed by atoms with Crippen LogP contribution < -0.4 is 10.5 Å². The third kappa shape index (κ3) is 4.52. The number of alkyl halides is 5. The maximum atomic E-state index is 13.0. The molecule has 0 unspecified atom stereocenters. The van der Waals surface area contributed by atoms with Gasteiger partial charge in [-0.2, -0.15) is 0 Å². The van der Waals surface area contributed by atoms with Crippen LogP contribution in [0.5, 0.6) is 5.88 Å². The number of ether oxygens (including phenoxy) is 2. The van der Waals surface area contributed by atoms with Crippen molar-refractivity contribution in [3.05, 3.63) is 22.9 Å². The van der Waals surface area contributed by atoms with Gasteiger partial charge < -0.3 is 15.2 Å². The molecule has 1 aromatic rings. The number of halogens is 5. The monoisotopic (exact) mass is 314 g/mol. The first-order valence-electron chi connectivity index (χ1n) is 5.51. The lowest BCUT2D eigenvalue weighted by Crippen LogP contribution is -2.21. The number of aromatic nitrogens is 1. The number of esters is 1. The SMILES string of the molecule is COC(=O)Cc1cnc(OC(F)(F)F)c(C(F)F)c1CN. The maximum Gasteiger partial charge on any atom is 0.574 e. The van der Waals surface area contributed by atoms with Crippen molar-refractivity contribution in [3.8, 4) is 5.88 Å². The van der Waals surface area contributed by atoms with Crippen LogP contribution in [0.2, 0.25) is 0 Å². The Kier molecular flexibility index (Phi) is 5.41. The summed E-state index contributed by atoms with van der Waals surface area (Å²) in [5, 5.41) is 0. The summed E-state index contributed by atoms with van der Waals surface area (Å²) in [7, 11) is 1.08. The van der Waals surface area contributed by atoms with Gasteiger partial charge in [-0.1, -0.05) is 0 Å². The second-order valence-electron chi connectivity index (χ2n) is 3.79. The normalized spacial score (nSPS) is 11.6. The molecular formula is C11H11F5N2O3. The molecule has 0 aliphatic rings. The van der Waals surface area contributed by atoms with Crippen LogP contribution in [-0.4, -0.2) is 24.4 Å². The predicted molar refractivity (Wildman–Crippen MR) is 59.5 cm³/mol. The minimum absolute atomic E-state index is 0.0471. The van der Waals surface area contributed by atoms with Crippen LogP contribution in [0.3, 0.4) is 0 Å². The molecule has 0 atom stereocenters. The number of rotatable bonds is 5. The Hall–Kier alpha value is -1.97. The predicted octanol–water partition coefficient (Wildman–Crippen LogP) is 2.09. The Morgan fingerprint density at radius 2 is 2.05 bits per heavy atom. The molecule has 2 N–H and O–H groups in total. The number of nitrogens with two attached hydrogens (primary N) is 1. The van der Waals surface area contributed by atoms with Crippen LogP contribution in [0.15, 0.2) is 6.20 Å². The van der Waals surface area contributed by atoms with Crippen molar-refractivity contribution < 1.29 is 36.2 Å². The zero-order valence-electron chi connectivity index (χ0n) is 10.7. The molecule has 1 aromatic heterocycles. The first kappa shape index (κ1) is 17.1. The minimum atomic E-state index is -5.17. The van der Waals surface area contributed by atoms with E-state index in [1.165, 1.54) is 0 Å². The van der Waals surface area contributed by atoms with Gasteiger partial charge in [-0.25, -0.2) is 13.8 Å². The molecule has 21 heavy (non-hydrogen) atoms. The smallest absolute Gasteiger partial charge is 0.469 e. The summed E-state index contributed by atoms with van der Waals surface area (Å²) in [5.74, 6) is -2.05. The first-order chi connectivity index (χ1) is 9.69. The van der Waals surface area contributed by atoms with E-state index in [0.717, 1.165) is 13.3 Å². The zero-order valence-corrected chi connectivity index (χ0v) is 10.7. The van der Waals surface area contributed by atoms with E-state index >= 15 is 0 Å². The van der Waals surface area contributed by atoms with E-state index in [4.69, 9.17) is 5.73 Å². The topological polar surface area (TPSA) is 74.4 Å². The van der Waals surface area contributed by atoms with Crippen molar-refractivity contribution >= 4 is 5.97 Å². The van der Waals surface area contributed by atoms with Crippen molar-refractivity contribution in [2.75, 3.05) is 7.11 Å². The van der Waals surface area contributed by atoms with E-state index in [2.05, 4.69) is 14.5 Å². The Bertz CT molecular complexity index is 519. The lowest BCUT2D eigenvalue weighted by atomic mass is 10.0. The van der Waals surface area contributed by atoms with Crippen molar-refractivity contribution in [1.82, 2.24) is 4.98 Å². The summed E-state index contributed by atoms with van der Waals surface area (Å²) in [5.41, 5.74) is 3.83. The fourth-order valence-electron chi connectivity index (χ4n) is 1.62. The van der Waals surface area contributed by atoms with E-state index < -0.39 is 43.2 Å². The van der Waals surface area contributed by atoms with Gasteiger partial charge in [0.15, 0.2) is 0 Å². The molecule has 1 heterocycles. The van der Waals surface area contributed by atoms with Crippen LogP contribution in [0.1, 0.15) is 23.1 Å². The van der Waals surface area contributed by atoms with Gasteiger partial charge in [0, 0.05) is 12.7 Å². The molecular weight excluding hydrogens is 303 g/mol. The molecule has 0 saturated heterocycles. The highest BCUT2D eigenvalue weighted by atomic mass is 19.4. The molecule has 0 amide bonds. The van der Waals surface area contributed by atoms with Gasteiger partial charge in [-0.15, -0.1) is 13.2 Å². The van der Waals surface area contributed by atoms with Crippen LogP contribution in [0.25, 0.3) is 0 Å². The highest BCUT2D eigenvalue weighted by molar-refractivity contribution is 5.73. The Labute approximate surface area is 115 Å². The van der Waals surface area contributed by atoms with E-state index in [0.29, 0.717) is 0 Å². The summed E-state index contributed by atoms with van der Waals surface area (Å²) in [4.78, 5) is 14.4. The van der Waals surface area contributed by atoms with Gasteiger partial charge in [0.05, 0.1) is 19.1 Å². The minimum Gasteiger partial charge on any atom is -0.469 e. The number of hydrogen-bond donors (Lipinski definition) is 1. The Balaban J connectivity index is 3.34. The molecule has 0 saturated carbocycles. The van der Waals surface area contributed by atoms with Gasteiger partial charge in [0.1, 0.15) is 0 Å². The number of carbonyl (C=O) groups excluding carboxylic acids is 1. The van der Waals surface area contributed by atoms with Crippen molar-refractivity contribution in [3.63, 3.8) is 0 Å². The second kappa shape index (κ2) is 6.66. The van der Waals surface area contributed by atoms with Gasteiger partial charge in [-0.05, 0) is 11.1 Å².